The standard InChI is InChI=1S/C24H27N3O4/c25-24(26)27-14-20(28)17-29-21-11-12-22(30-15-18-7-3-1-4-8-18)23(13-21)31-16-19-9-5-2-6-10-19/h1-13,20,28H,14-17H2,(H4,25,26,27)/t20-/m1/s1. The lowest BCUT2D eigenvalue weighted by atomic mass is 10.2. The van der Waals surface area contributed by atoms with E-state index >= 15 is 0 Å². The van der Waals surface area contributed by atoms with Gasteiger partial charge in [0.2, 0.25) is 0 Å². The highest BCUT2D eigenvalue weighted by molar-refractivity contribution is 5.74. The molecule has 0 saturated carbocycles. The van der Waals surface area contributed by atoms with E-state index in [0.29, 0.717) is 30.5 Å². The Kier molecular flexibility index (Phi) is 8.13. The first-order valence-electron chi connectivity index (χ1n) is 9.96. The van der Waals surface area contributed by atoms with Gasteiger partial charge in [-0.05, 0) is 23.3 Å². The highest BCUT2D eigenvalue weighted by Crippen LogP contribution is 2.33. The lowest BCUT2D eigenvalue weighted by molar-refractivity contribution is 0.110. The Morgan fingerprint density at radius 2 is 1.42 bits per heavy atom. The minimum Gasteiger partial charge on any atom is -0.491 e. The van der Waals surface area contributed by atoms with Gasteiger partial charge in [-0.15, -0.1) is 0 Å². The molecule has 0 aliphatic rings. The molecule has 0 spiro atoms. The molecule has 162 valence electrons. The first kappa shape index (κ1) is 22.0. The van der Waals surface area contributed by atoms with E-state index in [4.69, 9.17) is 25.4 Å². The SMILES string of the molecule is N=C(N)NC[C@@H](O)COc1ccc(OCc2ccccc2)c(OCc2ccccc2)c1. The quantitative estimate of drug-likeness (QED) is 0.280. The summed E-state index contributed by atoms with van der Waals surface area (Å²) in [6.07, 6.45) is -0.813. The summed E-state index contributed by atoms with van der Waals surface area (Å²) in [4.78, 5) is 0. The Hall–Kier alpha value is -3.71. The molecule has 0 fully saturated rings. The maximum Gasteiger partial charge on any atom is 0.185 e. The van der Waals surface area contributed by atoms with Gasteiger partial charge < -0.3 is 30.4 Å². The van der Waals surface area contributed by atoms with E-state index in [1.165, 1.54) is 0 Å². The van der Waals surface area contributed by atoms with Crippen molar-refractivity contribution in [1.29, 1.82) is 5.41 Å². The Morgan fingerprint density at radius 1 is 0.839 bits per heavy atom. The van der Waals surface area contributed by atoms with Crippen LogP contribution < -0.4 is 25.3 Å². The van der Waals surface area contributed by atoms with Gasteiger partial charge >= 0.3 is 0 Å². The lowest BCUT2D eigenvalue weighted by Gasteiger charge is -2.16. The third-order valence-corrected chi connectivity index (χ3v) is 4.36. The largest absolute Gasteiger partial charge is 0.491 e. The number of hydrogen-bond acceptors (Lipinski definition) is 5. The fourth-order valence-electron chi connectivity index (χ4n) is 2.76. The van der Waals surface area contributed by atoms with Crippen LogP contribution in [0.25, 0.3) is 0 Å². The van der Waals surface area contributed by atoms with E-state index in [1.54, 1.807) is 18.2 Å². The number of guanidine groups is 1. The zero-order valence-electron chi connectivity index (χ0n) is 17.2. The normalized spacial score (nSPS) is 11.4. The maximum absolute atomic E-state index is 9.95. The Bertz CT molecular complexity index is 952. The second-order valence-corrected chi connectivity index (χ2v) is 6.92. The molecule has 5 N–H and O–H groups in total. The Balaban J connectivity index is 1.67. The monoisotopic (exact) mass is 421 g/mol. The molecule has 3 aromatic rings. The van der Waals surface area contributed by atoms with Crippen LogP contribution in [0.3, 0.4) is 0 Å². The number of rotatable bonds is 11. The molecule has 0 saturated heterocycles. The van der Waals surface area contributed by atoms with Crippen molar-refractivity contribution in [1.82, 2.24) is 5.32 Å². The van der Waals surface area contributed by atoms with Crippen LogP contribution in [0.5, 0.6) is 17.2 Å². The molecule has 0 aromatic heterocycles. The van der Waals surface area contributed by atoms with Crippen molar-refractivity contribution >= 4 is 5.96 Å². The molecule has 3 aromatic carbocycles. The van der Waals surface area contributed by atoms with E-state index in [0.717, 1.165) is 11.1 Å². The average Bonchev–Trinajstić information content (AvgIpc) is 2.80. The average molecular weight is 421 g/mol. The van der Waals surface area contributed by atoms with Crippen molar-refractivity contribution in [3.05, 3.63) is 90.0 Å². The number of nitrogens with two attached hydrogens (primary N) is 1. The van der Waals surface area contributed by atoms with Crippen LogP contribution in [-0.2, 0) is 13.2 Å². The van der Waals surface area contributed by atoms with Crippen LogP contribution in [0.2, 0.25) is 0 Å². The fourth-order valence-corrected chi connectivity index (χ4v) is 2.76. The van der Waals surface area contributed by atoms with Crippen molar-refractivity contribution in [2.24, 2.45) is 5.73 Å². The lowest BCUT2D eigenvalue weighted by Crippen LogP contribution is -2.38. The zero-order chi connectivity index (χ0) is 21.9. The molecule has 7 nitrogen and oxygen atoms in total. The molecule has 0 aliphatic heterocycles. The number of hydrogen-bond donors (Lipinski definition) is 4. The summed E-state index contributed by atoms with van der Waals surface area (Å²) in [7, 11) is 0. The van der Waals surface area contributed by atoms with E-state index in [2.05, 4.69) is 5.32 Å². The van der Waals surface area contributed by atoms with Gasteiger partial charge in [0.15, 0.2) is 17.5 Å². The maximum atomic E-state index is 9.95. The molecule has 7 heteroatoms. The van der Waals surface area contributed by atoms with Crippen molar-refractivity contribution in [3.63, 3.8) is 0 Å². The highest BCUT2D eigenvalue weighted by Gasteiger charge is 2.11. The topological polar surface area (TPSA) is 110 Å². The molecule has 0 amide bonds. The summed E-state index contributed by atoms with van der Waals surface area (Å²) < 4.78 is 17.7. The van der Waals surface area contributed by atoms with Crippen LogP contribution in [0.4, 0.5) is 0 Å². The van der Waals surface area contributed by atoms with Crippen molar-refractivity contribution < 1.29 is 19.3 Å². The number of benzene rings is 3. The van der Waals surface area contributed by atoms with Crippen LogP contribution in [0.1, 0.15) is 11.1 Å². The van der Waals surface area contributed by atoms with E-state index < -0.39 is 6.10 Å². The predicted octanol–water partition coefficient (Wildman–Crippen LogP) is 3.07. The van der Waals surface area contributed by atoms with E-state index in [9.17, 15) is 5.11 Å². The van der Waals surface area contributed by atoms with Crippen molar-refractivity contribution in [2.75, 3.05) is 13.2 Å². The van der Waals surface area contributed by atoms with Crippen LogP contribution in [0, 0.1) is 5.41 Å². The summed E-state index contributed by atoms with van der Waals surface area (Å²) in [5, 5.41) is 19.6. The Labute approximate surface area is 181 Å². The number of ether oxygens (including phenoxy) is 3. The second kappa shape index (κ2) is 11.5. The molecular formula is C24H27N3O4. The molecule has 3 rings (SSSR count). The molecule has 0 aliphatic carbocycles. The number of aliphatic hydroxyl groups excluding tert-OH is 1. The van der Waals surface area contributed by atoms with Gasteiger partial charge in [0.1, 0.15) is 31.7 Å². The molecule has 31 heavy (non-hydrogen) atoms. The first-order chi connectivity index (χ1) is 15.1. The minimum atomic E-state index is -0.813. The zero-order valence-corrected chi connectivity index (χ0v) is 17.2. The van der Waals surface area contributed by atoms with E-state index in [1.807, 2.05) is 60.7 Å². The van der Waals surface area contributed by atoms with Crippen molar-refractivity contribution in [3.8, 4) is 17.2 Å². The van der Waals surface area contributed by atoms with Crippen LogP contribution in [0.15, 0.2) is 78.9 Å². The van der Waals surface area contributed by atoms with Gasteiger partial charge in [-0.2, -0.15) is 0 Å². The summed E-state index contributed by atoms with van der Waals surface area (Å²) in [5.41, 5.74) is 7.32. The Morgan fingerprint density at radius 3 is 2.00 bits per heavy atom. The van der Waals surface area contributed by atoms with E-state index in [-0.39, 0.29) is 19.1 Å². The third kappa shape index (κ3) is 7.56. The molecule has 1 atom stereocenters. The molecular weight excluding hydrogens is 394 g/mol. The first-order valence-corrected chi connectivity index (χ1v) is 9.96. The van der Waals surface area contributed by atoms with Gasteiger partial charge in [-0.3, -0.25) is 5.41 Å². The van der Waals surface area contributed by atoms with Gasteiger partial charge in [0.05, 0.1) is 0 Å². The summed E-state index contributed by atoms with van der Waals surface area (Å²) in [6, 6.07) is 25.0. The third-order valence-electron chi connectivity index (χ3n) is 4.36. The number of aliphatic hydroxyl groups is 1. The van der Waals surface area contributed by atoms with Gasteiger partial charge in [0, 0.05) is 12.6 Å². The summed E-state index contributed by atoms with van der Waals surface area (Å²) >= 11 is 0. The summed E-state index contributed by atoms with van der Waals surface area (Å²) in [6.45, 7) is 0.975. The van der Waals surface area contributed by atoms with Crippen LogP contribution in [-0.4, -0.2) is 30.3 Å². The van der Waals surface area contributed by atoms with Gasteiger partial charge in [-0.25, -0.2) is 0 Å². The van der Waals surface area contributed by atoms with Gasteiger partial charge in [0.25, 0.3) is 0 Å². The molecule has 0 radical (unpaired) electrons. The molecule has 0 heterocycles. The molecule has 0 bridgehead atoms. The smallest absolute Gasteiger partial charge is 0.185 e. The fraction of sp³-hybridized carbons (Fsp3) is 0.208. The molecule has 0 unspecified atom stereocenters. The minimum absolute atomic E-state index is 0.0443. The summed E-state index contributed by atoms with van der Waals surface area (Å²) in [5.74, 6) is 1.49. The second-order valence-electron chi connectivity index (χ2n) is 6.92. The van der Waals surface area contributed by atoms with Gasteiger partial charge in [-0.1, -0.05) is 60.7 Å². The predicted molar refractivity (Wildman–Crippen MR) is 119 cm³/mol. The van der Waals surface area contributed by atoms with Crippen LogP contribution >= 0.6 is 0 Å². The number of nitrogens with one attached hydrogen (secondary N) is 2. The van der Waals surface area contributed by atoms with Crippen molar-refractivity contribution in [2.45, 2.75) is 19.3 Å². The highest BCUT2D eigenvalue weighted by atomic mass is 16.5.